The van der Waals surface area contributed by atoms with Gasteiger partial charge in [-0.1, -0.05) is 0 Å². The molecule has 3 aliphatic rings. The lowest BCUT2D eigenvalue weighted by atomic mass is 9.99. The van der Waals surface area contributed by atoms with Crippen molar-refractivity contribution in [2.24, 2.45) is 0 Å². The van der Waals surface area contributed by atoms with Gasteiger partial charge < -0.3 is 24.1 Å². The highest BCUT2D eigenvalue weighted by atomic mass is 19.1. The van der Waals surface area contributed by atoms with Gasteiger partial charge >= 0.3 is 6.09 Å². The Kier molecular flexibility index (Phi) is 4.72. The van der Waals surface area contributed by atoms with E-state index in [0.29, 0.717) is 67.7 Å². The minimum absolute atomic E-state index is 0.128. The summed E-state index contributed by atoms with van der Waals surface area (Å²) in [6, 6.07) is 11.8. The Morgan fingerprint density at radius 2 is 1.79 bits per heavy atom. The highest BCUT2D eigenvalue weighted by Gasteiger charge is 2.34. The van der Waals surface area contributed by atoms with Crippen LogP contribution in [0, 0.1) is 5.82 Å². The van der Waals surface area contributed by atoms with Gasteiger partial charge in [-0.25, -0.2) is 9.18 Å². The molecule has 33 heavy (non-hydrogen) atoms. The summed E-state index contributed by atoms with van der Waals surface area (Å²) in [5.74, 6) is 0.799. The Morgan fingerprint density at radius 1 is 0.970 bits per heavy atom. The van der Waals surface area contributed by atoms with Crippen molar-refractivity contribution in [3.8, 4) is 11.5 Å². The van der Waals surface area contributed by atoms with E-state index in [1.165, 1.54) is 12.1 Å². The second kappa shape index (κ2) is 7.77. The van der Waals surface area contributed by atoms with Gasteiger partial charge in [0.2, 0.25) is 0 Å². The van der Waals surface area contributed by atoms with E-state index in [0.717, 1.165) is 5.39 Å². The van der Waals surface area contributed by atoms with E-state index in [9.17, 15) is 14.0 Å². The number of hydrogen-bond donors (Lipinski definition) is 1. The van der Waals surface area contributed by atoms with Crippen LogP contribution in [0.1, 0.15) is 11.5 Å². The number of amides is 1. The number of fused-ring (bicyclic) bond motifs is 1. The molecule has 0 saturated carbocycles. The van der Waals surface area contributed by atoms with Crippen molar-refractivity contribution in [3.05, 3.63) is 64.2 Å². The third-order valence-electron chi connectivity index (χ3n) is 6.42. The molecule has 1 fully saturated rings. The molecule has 170 valence electrons. The third-order valence-corrected chi connectivity index (χ3v) is 6.42. The molecule has 1 amide bonds. The quantitative estimate of drug-likeness (QED) is 0.642. The lowest BCUT2D eigenvalue weighted by Gasteiger charge is -2.21. The number of nitrogens with zero attached hydrogens (tertiary/aromatic N) is 2. The maximum atomic E-state index is 14.6. The number of rotatable bonds is 5. The van der Waals surface area contributed by atoms with Crippen LogP contribution in [0.3, 0.4) is 0 Å². The van der Waals surface area contributed by atoms with Gasteiger partial charge in [-0.3, -0.25) is 9.69 Å². The van der Waals surface area contributed by atoms with Crippen LogP contribution < -0.4 is 25.2 Å². The van der Waals surface area contributed by atoms with Gasteiger partial charge in [0.15, 0.2) is 11.5 Å². The predicted molar refractivity (Wildman–Crippen MR) is 119 cm³/mol. The number of carbonyl (C=O) groups is 1. The fourth-order valence-corrected chi connectivity index (χ4v) is 4.90. The molecule has 6 rings (SSSR count). The molecule has 0 radical (unpaired) electrons. The van der Waals surface area contributed by atoms with E-state index in [2.05, 4.69) is 5.32 Å². The number of benzene rings is 2. The summed E-state index contributed by atoms with van der Waals surface area (Å²) in [4.78, 5) is 26.3. The minimum Gasteiger partial charge on any atom is -0.486 e. The monoisotopic (exact) mass is 451 g/mol. The Balaban J connectivity index is 1.12. The summed E-state index contributed by atoms with van der Waals surface area (Å²) in [6.45, 7) is 2.68. The Bertz CT molecular complexity index is 1320. The molecule has 4 heterocycles. The summed E-state index contributed by atoms with van der Waals surface area (Å²) >= 11 is 0. The number of aromatic nitrogens is 1. The van der Waals surface area contributed by atoms with Gasteiger partial charge in [-0.2, -0.15) is 0 Å². The molecule has 2 atom stereocenters. The molecule has 3 aliphatic heterocycles. The van der Waals surface area contributed by atoms with Crippen molar-refractivity contribution < 1.29 is 23.4 Å². The lowest BCUT2D eigenvalue weighted by Crippen LogP contribution is -2.33. The van der Waals surface area contributed by atoms with Crippen molar-refractivity contribution >= 4 is 22.7 Å². The van der Waals surface area contributed by atoms with Gasteiger partial charge in [0.05, 0.1) is 17.7 Å². The van der Waals surface area contributed by atoms with Crippen molar-refractivity contribution in [1.82, 2.24) is 9.88 Å². The van der Waals surface area contributed by atoms with Crippen LogP contribution in [0.15, 0.2) is 47.3 Å². The van der Waals surface area contributed by atoms with E-state index in [1.807, 2.05) is 6.07 Å². The number of cyclic esters (lactones) is 1. The van der Waals surface area contributed by atoms with Gasteiger partial charge in [0.1, 0.15) is 25.1 Å². The average Bonchev–Trinajstić information content (AvgIpc) is 3.40. The third kappa shape index (κ3) is 3.39. The van der Waals surface area contributed by atoms with Crippen LogP contribution in [0.2, 0.25) is 0 Å². The smallest absolute Gasteiger partial charge is 0.414 e. The number of halogens is 1. The SMILES string of the molecule is O=C1O[C@H](CNCC2Cn3c(=O)ccc4ccc(F)c2c43)CN1c1ccc2c(c1)OCCO2. The highest BCUT2D eigenvalue weighted by Crippen LogP contribution is 2.36. The fraction of sp³-hybridized carbons (Fsp3) is 0.333. The van der Waals surface area contributed by atoms with Crippen LogP contribution in [0.4, 0.5) is 14.9 Å². The summed E-state index contributed by atoms with van der Waals surface area (Å²) in [7, 11) is 0. The van der Waals surface area contributed by atoms with Crippen LogP contribution in [0.25, 0.3) is 10.9 Å². The minimum atomic E-state index is -0.422. The number of pyridine rings is 1. The second-order valence-corrected chi connectivity index (χ2v) is 8.48. The standard InChI is InChI=1S/C24H22FN3O5/c25-18-4-1-14-2-6-21(29)28-12-15(22(18)23(14)28)10-26-11-17-13-27(24(30)33-17)16-3-5-19-20(9-16)32-8-7-31-19/h1-6,9,15,17,26H,7-8,10-13H2/t15?,17-/m1/s1. The van der Waals surface area contributed by atoms with Crippen LogP contribution >= 0.6 is 0 Å². The van der Waals surface area contributed by atoms with Gasteiger partial charge in [0, 0.05) is 43.2 Å². The molecule has 0 spiro atoms. The molecule has 1 unspecified atom stereocenters. The Morgan fingerprint density at radius 3 is 2.67 bits per heavy atom. The molecule has 0 bridgehead atoms. The maximum Gasteiger partial charge on any atom is 0.414 e. The van der Waals surface area contributed by atoms with Gasteiger partial charge in [-0.05, 0) is 35.7 Å². The molecule has 1 saturated heterocycles. The van der Waals surface area contributed by atoms with Crippen LogP contribution in [-0.4, -0.2) is 49.6 Å². The van der Waals surface area contributed by atoms with E-state index in [4.69, 9.17) is 14.2 Å². The zero-order chi connectivity index (χ0) is 22.5. The second-order valence-electron chi connectivity index (χ2n) is 8.48. The topological polar surface area (TPSA) is 82.0 Å². The summed E-state index contributed by atoms with van der Waals surface area (Å²) in [5.41, 5.74) is 1.80. The van der Waals surface area contributed by atoms with E-state index >= 15 is 0 Å². The summed E-state index contributed by atoms with van der Waals surface area (Å²) in [5, 5.41) is 4.16. The zero-order valence-electron chi connectivity index (χ0n) is 17.8. The molecule has 3 aromatic rings. The van der Waals surface area contributed by atoms with Gasteiger partial charge in [-0.15, -0.1) is 0 Å². The first-order valence-corrected chi connectivity index (χ1v) is 11.0. The molecule has 9 heteroatoms. The molecule has 0 aliphatic carbocycles. The zero-order valence-corrected chi connectivity index (χ0v) is 17.8. The van der Waals surface area contributed by atoms with Crippen LogP contribution in [0.5, 0.6) is 11.5 Å². The van der Waals surface area contributed by atoms with Crippen molar-refractivity contribution in [2.75, 3.05) is 37.7 Å². The molecule has 8 nitrogen and oxygen atoms in total. The Hall–Kier alpha value is -3.59. The summed E-state index contributed by atoms with van der Waals surface area (Å²) in [6.07, 6.45) is -0.771. The van der Waals surface area contributed by atoms with Crippen molar-refractivity contribution in [2.45, 2.75) is 18.6 Å². The fourth-order valence-electron chi connectivity index (χ4n) is 4.90. The number of anilines is 1. The summed E-state index contributed by atoms with van der Waals surface area (Å²) < 4.78 is 32.9. The first-order valence-electron chi connectivity index (χ1n) is 11.0. The predicted octanol–water partition coefficient (Wildman–Crippen LogP) is 2.62. The number of hydrogen-bond acceptors (Lipinski definition) is 6. The van der Waals surface area contributed by atoms with Gasteiger partial charge in [0.25, 0.3) is 5.56 Å². The Labute approximate surface area is 188 Å². The molecule has 1 aromatic heterocycles. The number of nitrogens with one attached hydrogen (secondary N) is 1. The van der Waals surface area contributed by atoms with E-state index < -0.39 is 6.09 Å². The number of ether oxygens (including phenoxy) is 3. The normalized spacial score (nSPS) is 21.0. The molecular weight excluding hydrogens is 429 g/mol. The van der Waals surface area contributed by atoms with Crippen molar-refractivity contribution in [3.63, 3.8) is 0 Å². The number of carbonyl (C=O) groups excluding carboxylic acids is 1. The molecular formula is C24H22FN3O5. The van der Waals surface area contributed by atoms with E-state index in [1.54, 1.807) is 33.7 Å². The first kappa shape index (κ1) is 20.0. The maximum absolute atomic E-state index is 14.6. The average molecular weight is 451 g/mol. The van der Waals surface area contributed by atoms with Crippen molar-refractivity contribution in [1.29, 1.82) is 0 Å². The molecule has 2 aromatic carbocycles. The lowest BCUT2D eigenvalue weighted by molar-refractivity contribution is 0.140. The van der Waals surface area contributed by atoms with E-state index in [-0.39, 0.29) is 23.4 Å². The van der Waals surface area contributed by atoms with Crippen LogP contribution in [-0.2, 0) is 11.3 Å². The first-order chi connectivity index (χ1) is 16.1. The largest absolute Gasteiger partial charge is 0.486 e. The molecule has 1 N–H and O–H groups in total. The highest BCUT2D eigenvalue weighted by molar-refractivity contribution is 5.90.